The summed E-state index contributed by atoms with van der Waals surface area (Å²) in [6.07, 6.45) is 5.22. The lowest BCUT2D eigenvalue weighted by atomic mass is 10.1. The van der Waals surface area contributed by atoms with Crippen LogP contribution in [0.5, 0.6) is 5.75 Å². The molecule has 0 aliphatic carbocycles. The van der Waals surface area contributed by atoms with Gasteiger partial charge in [0.1, 0.15) is 11.6 Å². The number of nitrogens with one attached hydrogen (secondary N) is 2. The predicted molar refractivity (Wildman–Crippen MR) is 116 cm³/mol. The fraction of sp³-hybridized carbons (Fsp3) is 0.455. The molecule has 7 heteroatoms. The summed E-state index contributed by atoms with van der Waals surface area (Å²) in [5, 5.41) is 5.88. The molecule has 2 saturated heterocycles. The third kappa shape index (κ3) is 4.72. The number of methoxy groups -OCH3 is 1. The fourth-order valence-corrected chi connectivity index (χ4v) is 4.11. The van der Waals surface area contributed by atoms with Gasteiger partial charge in [-0.15, -0.1) is 0 Å². The first kappa shape index (κ1) is 19.4. The molecule has 29 heavy (non-hydrogen) atoms. The minimum Gasteiger partial charge on any atom is -0.495 e. The van der Waals surface area contributed by atoms with Crippen LogP contribution < -0.4 is 25.2 Å². The molecule has 154 valence electrons. The zero-order valence-electron chi connectivity index (χ0n) is 16.9. The Bertz CT molecular complexity index is 820. The lowest BCUT2D eigenvalue weighted by Gasteiger charge is -2.21. The van der Waals surface area contributed by atoms with Crippen molar-refractivity contribution in [1.82, 2.24) is 10.3 Å². The third-order valence-corrected chi connectivity index (χ3v) is 5.70. The topological polar surface area (TPSA) is 69.7 Å². The molecule has 1 aromatic carbocycles. The van der Waals surface area contributed by atoms with Gasteiger partial charge < -0.3 is 25.2 Å². The van der Waals surface area contributed by atoms with E-state index in [0.29, 0.717) is 18.2 Å². The van der Waals surface area contributed by atoms with Gasteiger partial charge in [0, 0.05) is 32.7 Å². The molecular weight excluding hydrogens is 366 g/mol. The monoisotopic (exact) mass is 395 g/mol. The lowest BCUT2D eigenvalue weighted by Crippen LogP contribution is -2.34. The summed E-state index contributed by atoms with van der Waals surface area (Å²) in [6, 6.07) is 11.8. The smallest absolute Gasteiger partial charge is 0.319 e. The van der Waals surface area contributed by atoms with Gasteiger partial charge in [-0.05, 0) is 49.4 Å². The third-order valence-electron chi connectivity index (χ3n) is 5.70. The maximum atomic E-state index is 12.3. The van der Waals surface area contributed by atoms with Crippen LogP contribution in [0, 0.1) is 5.92 Å². The Morgan fingerprint density at radius 1 is 1.14 bits per heavy atom. The first-order chi connectivity index (χ1) is 14.2. The van der Waals surface area contributed by atoms with Crippen molar-refractivity contribution < 1.29 is 9.53 Å². The standard InChI is InChI=1S/C22H29N5O2/c1-29-20-7-3-2-6-19(20)27-13-10-17(16-27)14-24-22(28)25-18-8-9-21(23-15-18)26-11-4-5-12-26/h2-3,6-9,15,17H,4-5,10-14,16H2,1H3,(H2,24,25,28). The molecule has 0 spiro atoms. The van der Waals surface area contributed by atoms with Crippen molar-refractivity contribution in [1.29, 1.82) is 0 Å². The molecule has 4 rings (SSSR count). The largest absolute Gasteiger partial charge is 0.495 e. The Kier molecular flexibility index (Phi) is 6.03. The average molecular weight is 396 g/mol. The van der Waals surface area contributed by atoms with E-state index in [9.17, 15) is 4.79 Å². The number of pyridine rings is 1. The zero-order valence-corrected chi connectivity index (χ0v) is 16.9. The summed E-state index contributed by atoms with van der Waals surface area (Å²) < 4.78 is 5.47. The number of para-hydroxylation sites is 2. The van der Waals surface area contributed by atoms with Gasteiger partial charge in [0.2, 0.25) is 0 Å². The summed E-state index contributed by atoms with van der Waals surface area (Å²) in [6.45, 7) is 4.65. The first-order valence-electron chi connectivity index (χ1n) is 10.4. The molecule has 2 fully saturated rings. The van der Waals surface area contributed by atoms with Crippen molar-refractivity contribution in [2.24, 2.45) is 5.92 Å². The van der Waals surface area contributed by atoms with E-state index in [-0.39, 0.29) is 6.03 Å². The molecule has 2 amide bonds. The van der Waals surface area contributed by atoms with Crippen molar-refractivity contribution in [3.8, 4) is 5.75 Å². The second kappa shape index (κ2) is 9.03. The van der Waals surface area contributed by atoms with E-state index in [1.54, 1.807) is 13.3 Å². The van der Waals surface area contributed by atoms with Gasteiger partial charge in [0.25, 0.3) is 0 Å². The second-order valence-corrected chi connectivity index (χ2v) is 7.71. The van der Waals surface area contributed by atoms with E-state index in [1.165, 1.54) is 12.8 Å². The molecule has 0 bridgehead atoms. The van der Waals surface area contributed by atoms with E-state index in [2.05, 4.69) is 31.5 Å². The van der Waals surface area contributed by atoms with Crippen LogP contribution in [0.2, 0.25) is 0 Å². The van der Waals surface area contributed by atoms with Crippen molar-refractivity contribution in [3.63, 3.8) is 0 Å². The number of amides is 2. The number of urea groups is 1. The van der Waals surface area contributed by atoms with Crippen LogP contribution in [0.25, 0.3) is 0 Å². The number of carbonyl (C=O) groups excluding carboxylic acids is 1. The van der Waals surface area contributed by atoms with E-state index < -0.39 is 0 Å². The van der Waals surface area contributed by atoms with Gasteiger partial charge in [0.15, 0.2) is 0 Å². The Hall–Kier alpha value is -2.96. The highest BCUT2D eigenvalue weighted by Gasteiger charge is 2.24. The van der Waals surface area contributed by atoms with Crippen LogP contribution in [-0.2, 0) is 0 Å². The molecule has 0 radical (unpaired) electrons. The average Bonchev–Trinajstić information content (AvgIpc) is 3.45. The number of rotatable bonds is 6. The molecular formula is C22H29N5O2. The highest BCUT2D eigenvalue weighted by atomic mass is 16.5. The van der Waals surface area contributed by atoms with E-state index in [0.717, 1.165) is 49.9 Å². The molecule has 2 aliphatic rings. The van der Waals surface area contributed by atoms with Gasteiger partial charge in [-0.25, -0.2) is 9.78 Å². The normalized spacial score (nSPS) is 18.7. The molecule has 2 aliphatic heterocycles. The van der Waals surface area contributed by atoms with Crippen LogP contribution >= 0.6 is 0 Å². The van der Waals surface area contributed by atoms with E-state index in [1.807, 2.05) is 30.3 Å². The molecule has 1 aromatic heterocycles. The molecule has 1 atom stereocenters. The number of carbonyl (C=O) groups is 1. The van der Waals surface area contributed by atoms with Gasteiger partial charge in [-0.3, -0.25) is 0 Å². The highest BCUT2D eigenvalue weighted by molar-refractivity contribution is 5.89. The summed E-state index contributed by atoms with van der Waals surface area (Å²) in [5.74, 6) is 2.29. The SMILES string of the molecule is COc1ccccc1N1CCC(CNC(=O)Nc2ccc(N3CCCC3)nc2)C1. The molecule has 2 N–H and O–H groups in total. The van der Waals surface area contributed by atoms with Crippen LogP contribution in [0.4, 0.5) is 22.0 Å². The zero-order chi connectivity index (χ0) is 20.1. The van der Waals surface area contributed by atoms with Crippen molar-refractivity contribution >= 4 is 23.2 Å². The molecule has 0 saturated carbocycles. The fourth-order valence-electron chi connectivity index (χ4n) is 4.11. The maximum absolute atomic E-state index is 12.3. The predicted octanol–water partition coefficient (Wildman–Crippen LogP) is 3.34. The number of benzene rings is 1. The summed E-state index contributed by atoms with van der Waals surface area (Å²) in [5.41, 5.74) is 1.83. The van der Waals surface area contributed by atoms with Crippen molar-refractivity contribution in [3.05, 3.63) is 42.6 Å². The van der Waals surface area contributed by atoms with Crippen LogP contribution in [0.3, 0.4) is 0 Å². The first-order valence-corrected chi connectivity index (χ1v) is 10.4. The maximum Gasteiger partial charge on any atom is 0.319 e. The van der Waals surface area contributed by atoms with Crippen molar-refractivity contribution in [2.75, 3.05) is 55.0 Å². The minimum atomic E-state index is -0.184. The summed E-state index contributed by atoms with van der Waals surface area (Å²) >= 11 is 0. The lowest BCUT2D eigenvalue weighted by molar-refractivity contribution is 0.250. The quantitative estimate of drug-likeness (QED) is 0.785. The molecule has 7 nitrogen and oxygen atoms in total. The number of nitrogens with zero attached hydrogens (tertiary/aromatic N) is 3. The minimum absolute atomic E-state index is 0.184. The van der Waals surface area contributed by atoms with Crippen LogP contribution in [-0.4, -0.2) is 50.8 Å². The van der Waals surface area contributed by atoms with Crippen LogP contribution in [0.15, 0.2) is 42.6 Å². The van der Waals surface area contributed by atoms with E-state index >= 15 is 0 Å². The van der Waals surface area contributed by atoms with Gasteiger partial charge in [-0.1, -0.05) is 12.1 Å². The van der Waals surface area contributed by atoms with Crippen LogP contribution in [0.1, 0.15) is 19.3 Å². The Labute approximate surface area is 172 Å². The second-order valence-electron chi connectivity index (χ2n) is 7.71. The summed E-state index contributed by atoms with van der Waals surface area (Å²) in [4.78, 5) is 21.3. The Morgan fingerprint density at radius 2 is 1.97 bits per heavy atom. The molecule has 1 unspecified atom stereocenters. The Balaban J connectivity index is 1.24. The van der Waals surface area contributed by atoms with Gasteiger partial charge in [-0.2, -0.15) is 0 Å². The van der Waals surface area contributed by atoms with Crippen molar-refractivity contribution in [2.45, 2.75) is 19.3 Å². The van der Waals surface area contributed by atoms with Gasteiger partial charge in [0.05, 0.1) is 24.7 Å². The summed E-state index contributed by atoms with van der Waals surface area (Å²) in [7, 11) is 1.70. The molecule has 2 aromatic rings. The van der Waals surface area contributed by atoms with Gasteiger partial charge >= 0.3 is 6.03 Å². The Morgan fingerprint density at radius 3 is 2.72 bits per heavy atom. The number of hydrogen-bond acceptors (Lipinski definition) is 5. The number of anilines is 3. The van der Waals surface area contributed by atoms with E-state index in [4.69, 9.17) is 4.74 Å². The number of hydrogen-bond donors (Lipinski definition) is 2. The highest BCUT2D eigenvalue weighted by Crippen LogP contribution is 2.31. The molecule has 3 heterocycles. The number of aromatic nitrogens is 1. The number of ether oxygens (including phenoxy) is 1.